The van der Waals surface area contributed by atoms with Gasteiger partial charge in [-0.05, 0) is 58.9 Å². The van der Waals surface area contributed by atoms with Gasteiger partial charge in [-0.3, -0.25) is 0 Å². The van der Waals surface area contributed by atoms with E-state index in [1.807, 2.05) is 42.5 Å². The summed E-state index contributed by atoms with van der Waals surface area (Å²) in [6.45, 7) is 0.308. The number of amides is 2. The maximum absolute atomic E-state index is 12.4. The first-order valence-electron chi connectivity index (χ1n) is 10.6. The number of urea groups is 1. The van der Waals surface area contributed by atoms with Crippen molar-refractivity contribution in [2.24, 2.45) is 0 Å². The van der Waals surface area contributed by atoms with Crippen molar-refractivity contribution in [1.82, 2.24) is 5.32 Å². The molecule has 3 aromatic rings. The van der Waals surface area contributed by atoms with Crippen molar-refractivity contribution in [2.45, 2.75) is 38.3 Å². The highest BCUT2D eigenvalue weighted by molar-refractivity contribution is 5.90. The average Bonchev–Trinajstić information content (AvgIpc) is 2.78. The van der Waals surface area contributed by atoms with Crippen LogP contribution in [-0.2, 0) is 19.4 Å². The van der Waals surface area contributed by atoms with Crippen molar-refractivity contribution in [3.63, 3.8) is 0 Å². The molecule has 1 unspecified atom stereocenters. The van der Waals surface area contributed by atoms with E-state index >= 15 is 0 Å². The molecule has 1 atom stereocenters. The van der Waals surface area contributed by atoms with Crippen molar-refractivity contribution in [3.8, 4) is 16.9 Å². The van der Waals surface area contributed by atoms with Gasteiger partial charge in [-0.25, -0.2) is 4.79 Å². The summed E-state index contributed by atoms with van der Waals surface area (Å²) in [7, 11) is 0. The molecule has 0 saturated carbocycles. The lowest BCUT2D eigenvalue weighted by atomic mass is 9.88. The number of benzene rings is 3. The van der Waals surface area contributed by atoms with Crippen LogP contribution >= 0.6 is 0 Å². The molecule has 0 spiro atoms. The quantitative estimate of drug-likeness (QED) is 0.480. The van der Waals surface area contributed by atoms with Crippen molar-refractivity contribution >= 4 is 11.7 Å². The van der Waals surface area contributed by atoms with Crippen LogP contribution in [0.2, 0.25) is 0 Å². The van der Waals surface area contributed by atoms with Crippen LogP contribution in [0.5, 0.6) is 5.75 Å². The second-order valence-electron chi connectivity index (χ2n) is 7.92. The zero-order chi connectivity index (χ0) is 23.4. The first-order valence-corrected chi connectivity index (χ1v) is 10.6. The van der Waals surface area contributed by atoms with Gasteiger partial charge in [0.25, 0.3) is 0 Å². The van der Waals surface area contributed by atoms with Gasteiger partial charge in [0.2, 0.25) is 0 Å². The Morgan fingerprint density at radius 1 is 1.00 bits per heavy atom. The van der Waals surface area contributed by atoms with Crippen LogP contribution in [0.3, 0.4) is 0 Å². The molecule has 0 saturated heterocycles. The Kier molecular flexibility index (Phi) is 6.55. The molecule has 0 aliphatic heterocycles. The molecule has 0 heterocycles. The average molecular weight is 456 g/mol. The number of carbonyl (C=O) groups is 1. The molecule has 0 fully saturated rings. The summed E-state index contributed by atoms with van der Waals surface area (Å²) in [5.41, 5.74) is 5.27. The Morgan fingerprint density at radius 3 is 2.33 bits per heavy atom. The van der Waals surface area contributed by atoms with Crippen LogP contribution in [-0.4, -0.2) is 23.6 Å². The molecule has 3 N–H and O–H groups in total. The molecule has 33 heavy (non-hydrogen) atoms. The van der Waals surface area contributed by atoms with Crippen LogP contribution in [0.4, 0.5) is 23.7 Å². The molecule has 5 nitrogen and oxygen atoms in total. The Bertz CT molecular complexity index is 1110. The third-order valence-corrected chi connectivity index (χ3v) is 5.54. The fourth-order valence-electron chi connectivity index (χ4n) is 3.90. The van der Waals surface area contributed by atoms with Crippen molar-refractivity contribution < 1.29 is 27.8 Å². The van der Waals surface area contributed by atoms with Crippen LogP contribution in [0, 0.1) is 0 Å². The van der Waals surface area contributed by atoms with Gasteiger partial charge in [0, 0.05) is 18.7 Å². The molecule has 8 heteroatoms. The van der Waals surface area contributed by atoms with Gasteiger partial charge in [0.05, 0.1) is 6.10 Å². The molecular weight excluding hydrogens is 433 g/mol. The molecule has 3 aromatic carbocycles. The van der Waals surface area contributed by atoms with Gasteiger partial charge in [-0.2, -0.15) is 0 Å². The van der Waals surface area contributed by atoms with Crippen LogP contribution in [0.15, 0.2) is 66.7 Å². The van der Waals surface area contributed by atoms with E-state index in [1.54, 1.807) is 12.1 Å². The van der Waals surface area contributed by atoms with E-state index < -0.39 is 12.5 Å². The number of nitrogens with one attached hydrogen (secondary N) is 2. The topological polar surface area (TPSA) is 70.6 Å². The predicted octanol–water partition coefficient (Wildman–Crippen LogP) is 5.42. The number of rotatable bonds is 5. The molecular formula is C25H23F3N2O3. The van der Waals surface area contributed by atoms with Crippen molar-refractivity contribution in [2.75, 3.05) is 5.32 Å². The Morgan fingerprint density at radius 2 is 1.67 bits per heavy atom. The Labute approximate surface area is 189 Å². The molecule has 0 bridgehead atoms. The number of fused-ring (bicyclic) bond motifs is 1. The largest absolute Gasteiger partial charge is 0.573 e. The number of halogens is 3. The lowest BCUT2D eigenvalue weighted by Gasteiger charge is -2.23. The standard InChI is InChI=1S/C25H23F3N2O3/c26-25(27,28)33-21-12-9-18(10-13-21)17-6-4-16(5-7-17)15-29-24(32)30-23-3-1-2-19-8-11-20(31)14-22(19)23/h1-7,9-10,12-13,20,31H,8,11,14-15H2,(H2,29,30,32). The Balaban J connectivity index is 1.33. The highest BCUT2D eigenvalue weighted by atomic mass is 19.4. The van der Waals surface area contributed by atoms with Gasteiger partial charge in [0.15, 0.2) is 0 Å². The monoisotopic (exact) mass is 456 g/mol. The number of aliphatic hydroxyl groups is 1. The molecule has 1 aliphatic rings. The van der Waals surface area contributed by atoms with Gasteiger partial charge in [-0.15, -0.1) is 13.2 Å². The number of anilines is 1. The van der Waals surface area contributed by atoms with Gasteiger partial charge in [0.1, 0.15) is 5.75 Å². The highest BCUT2D eigenvalue weighted by Gasteiger charge is 2.31. The normalized spacial score (nSPS) is 15.5. The summed E-state index contributed by atoms with van der Waals surface area (Å²) in [5.74, 6) is -0.271. The minimum Gasteiger partial charge on any atom is -0.406 e. The second-order valence-corrected chi connectivity index (χ2v) is 7.92. The summed E-state index contributed by atoms with van der Waals surface area (Å²) >= 11 is 0. The summed E-state index contributed by atoms with van der Waals surface area (Å²) in [4.78, 5) is 12.4. The number of aliphatic hydroxyl groups excluding tert-OH is 1. The van der Waals surface area contributed by atoms with Crippen LogP contribution in [0.25, 0.3) is 11.1 Å². The number of aryl methyl sites for hydroxylation is 1. The van der Waals surface area contributed by atoms with Gasteiger partial charge >= 0.3 is 12.4 Å². The van der Waals surface area contributed by atoms with E-state index in [4.69, 9.17) is 0 Å². The first-order chi connectivity index (χ1) is 15.8. The molecule has 4 rings (SSSR count). The smallest absolute Gasteiger partial charge is 0.406 e. The summed E-state index contributed by atoms with van der Waals surface area (Å²) in [6, 6.07) is 18.4. The van der Waals surface area contributed by atoms with Crippen LogP contribution < -0.4 is 15.4 Å². The molecule has 0 radical (unpaired) electrons. The lowest BCUT2D eigenvalue weighted by molar-refractivity contribution is -0.274. The summed E-state index contributed by atoms with van der Waals surface area (Å²) in [5, 5.41) is 15.6. The van der Waals surface area contributed by atoms with Crippen molar-refractivity contribution in [3.05, 3.63) is 83.4 Å². The number of ether oxygens (including phenoxy) is 1. The van der Waals surface area contributed by atoms with E-state index in [9.17, 15) is 23.1 Å². The molecule has 1 aliphatic carbocycles. The number of alkyl halides is 3. The minimum absolute atomic E-state index is 0.271. The fourth-order valence-corrected chi connectivity index (χ4v) is 3.90. The lowest BCUT2D eigenvalue weighted by Crippen LogP contribution is -2.29. The van der Waals surface area contributed by atoms with E-state index in [1.165, 1.54) is 12.1 Å². The van der Waals surface area contributed by atoms with E-state index in [0.717, 1.165) is 40.7 Å². The van der Waals surface area contributed by atoms with Crippen molar-refractivity contribution in [1.29, 1.82) is 0 Å². The Hall–Kier alpha value is -3.52. The fraction of sp³-hybridized carbons (Fsp3) is 0.240. The van der Waals surface area contributed by atoms with E-state index in [2.05, 4.69) is 15.4 Å². The minimum atomic E-state index is -4.72. The maximum atomic E-state index is 12.4. The van der Waals surface area contributed by atoms with Crippen LogP contribution in [0.1, 0.15) is 23.1 Å². The van der Waals surface area contributed by atoms with Gasteiger partial charge in [-0.1, -0.05) is 48.5 Å². The third kappa shape index (κ3) is 6.04. The maximum Gasteiger partial charge on any atom is 0.573 e. The number of hydrogen-bond donors (Lipinski definition) is 3. The zero-order valence-electron chi connectivity index (χ0n) is 17.7. The second kappa shape index (κ2) is 9.54. The summed E-state index contributed by atoms with van der Waals surface area (Å²) in [6.07, 6.45) is -3.07. The summed E-state index contributed by atoms with van der Waals surface area (Å²) < 4.78 is 40.7. The number of carbonyl (C=O) groups excluding carboxylic acids is 1. The first kappa shape index (κ1) is 22.7. The SMILES string of the molecule is O=C(NCc1ccc(-c2ccc(OC(F)(F)F)cc2)cc1)Nc1cccc2c1CC(O)CC2. The third-order valence-electron chi connectivity index (χ3n) is 5.54. The molecule has 2 amide bonds. The van der Waals surface area contributed by atoms with Gasteiger partial charge < -0.3 is 20.5 Å². The van der Waals surface area contributed by atoms with E-state index in [0.29, 0.717) is 18.7 Å². The highest BCUT2D eigenvalue weighted by Crippen LogP contribution is 2.29. The predicted molar refractivity (Wildman–Crippen MR) is 119 cm³/mol. The zero-order valence-corrected chi connectivity index (χ0v) is 17.7. The molecule has 0 aromatic heterocycles. The van der Waals surface area contributed by atoms with E-state index in [-0.39, 0.29) is 11.8 Å². The molecule has 172 valence electrons. The number of hydrogen-bond acceptors (Lipinski definition) is 3.